The van der Waals surface area contributed by atoms with E-state index < -0.39 is 0 Å². The summed E-state index contributed by atoms with van der Waals surface area (Å²) in [6, 6.07) is 3.90. The van der Waals surface area contributed by atoms with Crippen molar-refractivity contribution in [2.45, 2.75) is 19.8 Å². The number of furan rings is 1. The molecule has 1 N–H and O–H groups in total. The largest absolute Gasteiger partial charge is 0.469 e. The van der Waals surface area contributed by atoms with Gasteiger partial charge < -0.3 is 19.4 Å². The minimum Gasteiger partial charge on any atom is -0.469 e. The SMILES string of the molecule is C=CCNC(=NCCc1ccco1)N1CCC(COCC)C1. The molecule has 1 aliphatic heterocycles. The summed E-state index contributed by atoms with van der Waals surface area (Å²) in [5.74, 6) is 2.54. The zero-order valence-corrected chi connectivity index (χ0v) is 13.5. The van der Waals surface area contributed by atoms with E-state index in [0.717, 1.165) is 64.0 Å². The van der Waals surface area contributed by atoms with E-state index in [1.165, 1.54) is 0 Å². The lowest BCUT2D eigenvalue weighted by atomic mass is 10.1. The minimum absolute atomic E-state index is 0.598. The molecule has 0 amide bonds. The Hall–Kier alpha value is -1.75. The maximum atomic E-state index is 5.54. The monoisotopic (exact) mass is 305 g/mol. The van der Waals surface area contributed by atoms with Crippen molar-refractivity contribution in [2.75, 3.05) is 39.4 Å². The Balaban J connectivity index is 1.86. The molecular weight excluding hydrogens is 278 g/mol. The van der Waals surface area contributed by atoms with E-state index >= 15 is 0 Å². The van der Waals surface area contributed by atoms with Crippen molar-refractivity contribution in [2.24, 2.45) is 10.9 Å². The van der Waals surface area contributed by atoms with Crippen LogP contribution in [0.1, 0.15) is 19.1 Å². The third kappa shape index (κ3) is 5.22. The fourth-order valence-electron chi connectivity index (χ4n) is 2.60. The molecule has 1 aliphatic rings. The van der Waals surface area contributed by atoms with E-state index in [1.54, 1.807) is 6.26 Å². The molecule has 1 saturated heterocycles. The molecule has 122 valence electrons. The highest BCUT2D eigenvalue weighted by Gasteiger charge is 2.24. The van der Waals surface area contributed by atoms with Crippen LogP contribution in [0.4, 0.5) is 0 Å². The van der Waals surface area contributed by atoms with Crippen molar-refractivity contribution in [3.05, 3.63) is 36.8 Å². The normalized spacial score (nSPS) is 18.7. The Morgan fingerprint density at radius 1 is 1.64 bits per heavy atom. The lowest BCUT2D eigenvalue weighted by Crippen LogP contribution is -2.40. The summed E-state index contributed by atoms with van der Waals surface area (Å²) < 4.78 is 10.9. The molecule has 1 aromatic rings. The van der Waals surface area contributed by atoms with Crippen molar-refractivity contribution in [1.29, 1.82) is 0 Å². The van der Waals surface area contributed by atoms with Crippen LogP contribution >= 0.6 is 0 Å². The zero-order chi connectivity index (χ0) is 15.6. The Morgan fingerprint density at radius 3 is 3.27 bits per heavy atom. The summed E-state index contributed by atoms with van der Waals surface area (Å²) in [4.78, 5) is 7.03. The molecule has 5 nitrogen and oxygen atoms in total. The molecule has 0 saturated carbocycles. The summed E-state index contributed by atoms with van der Waals surface area (Å²) in [6.07, 6.45) is 5.54. The second kappa shape index (κ2) is 9.30. The number of likely N-dealkylation sites (tertiary alicyclic amines) is 1. The second-order valence-electron chi connectivity index (χ2n) is 5.46. The zero-order valence-electron chi connectivity index (χ0n) is 13.5. The van der Waals surface area contributed by atoms with Crippen LogP contribution in [0.15, 0.2) is 40.5 Å². The number of rotatable bonds is 8. The Labute approximate surface area is 133 Å². The molecule has 0 spiro atoms. The van der Waals surface area contributed by atoms with Gasteiger partial charge in [0, 0.05) is 45.1 Å². The molecular formula is C17H27N3O2. The van der Waals surface area contributed by atoms with Crippen LogP contribution in [0, 0.1) is 5.92 Å². The molecule has 2 heterocycles. The van der Waals surface area contributed by atoms with Gasteiger partial charge in [-0.15, -0.1) is 6.58 Å². The lowest BCUT2D eigenvalue weighted by Gasteiger charge is -2.21. The topological polar surface area (TPSA) is 50.0 Å². The average Bonchev–Trinajstić information content (AvgIpc) is 3.20. The van der Waals surface area contributed by atoms with Gasteiger partial charge in [-0.1, -0.05) is 6.08 Å². The van der Waals surface area contributed by atoms with Crippen LogP contribution in [0.3, 0.4) is 0 Å². The van der Waals surface area contributed by atoms with E-state index in [1.807, 2.05) is 25.1 Å². The molecule has 0 aliphatic carbocycles. The standard InChI is InChI=1S/C17H27N3O2/c1-3-9-18-17(19-10-7-16-6-5-12-22-16)20-11-8-15(13-20)14-21-4-2/h3,5-6,12,15H,1,4,7-11,13-14H2,2H3,(H,18,19). The van der Waals surface area contributed by atoms with Gasteiger partial charge in [0.2, 0.25) is 0 Å². The summed E-state index contributed by atoms with van der Waals surface area (Å²) in [5.41, 5.74) is 0. The van der Waals surface area contributed by atoms with Crippen molar-refractivity contribution in [3.63, 3.8) is 0 Å². The summed E-state index contributed by atoms with van der Waals surface area (Å²) in [5, 5.41) is 3.35. The molecule has 1 unspecified atom stereocenters. The minimum atomic E-state index is 0.598. The molecule has 22 heavy (non-hydrogen) atoms. The third-order valence-electron chi connectivity index (χ3n) is 3.75. The first-order valence-electron chi connectivity index (χ1n) is 8.07. The first-order valence-corrected chi connectivity index (χ1v) is 8.07. The number of guanidine groups is 1. The molecule has 1 aromatic heterocycles. The van der Waals surface area contributed by atoms with E-state index in [4.69, 9.17) is 14.1 Å². The van der Waals surface area contributed by atoms with Crippen molar-refractivity contribution >= 4 is 5.96 Å². The van der Waals surface area contributed by atoms with Crippen molar-refractivity contribution in [3.8, 4) is 0 Å². The summed E-state index contributed by atoms with van der Waals surface area (Å²) in [7, 11) is 0. The van der Waals surface area contributed by atoms with Crippen LogP contribution in [-0.2, 0) is 11.2 Å². The molecule has 2 rings (SSSR count). The first kappa shape index (κ1) is 16.6. The third-order valence-corrected chi connectivity index (χ3v) is 3.75. The smallest absolute Gasteiger partial charge is 0.194 e. The van der Waals surface area contributed by atoms with Gasteiger partial charge in [0.05, 0.1) is 12.9 Å². The quantitative estimate of drug-likeness (QED) is 0.455. The number of nitrogens with zero attached hydrogens (tertiary/aromatic N) is 2. The van der Waals surface area contributed by atoms with Crippen LogP contribution in [0.5, 0.6) is 0 Å². The van der Waals surface area contributed by atoms with Crippen LogP contribution in [0.2, 0.25) is 0 Å². The van der Waals surface area contributed by atoms with Gasteiger partial charge in [-0.2, -0.15) is 0 Å². The molecule has 1 atom stereocenters. The van der Waals surface area contributed by atoms with Crippen LogP contribution in [0.25, 0.3) is 0 Å². The maximum absolute atomic E-state index is 5.54. The molecule has 0 aromatic carbocycles. The molecule has 1 fully saturated rings. The predicted octanol–water partition coefficient (Wildman–Crippen LogP) is 2.31. The van der Waals surface area contributed by atoms with E-state index in [9.17, 15) is 0 Å². The summed E-state index contributed by atoms with van der Waals surface area (Å²) in [6.45, 7) is 10.9. The van der Waals surface area contributed by atoms with E-state index in [2.05, 4.69) is 16.8 Å². The maximum Gasteiger partial charge on any atom is 0.194 e. The van der Waals surface area contributed by atoms with Crippen LogP contribution in [-0.4, -0.2) is 50.3 Å². The summed E-state index contributed by atoms with van der Waals surface area (Å²) >= 11 is 0. The Kier molecular flexibility index (Phi) is 7.03. The van der Waals surface area contributed by atoms with Gasteiger partial charge in [-0.25, -0.2) is 0 Å². The number of hydrogen-bond acceptors (Lipinski definition) is 3. The number of aliphatic imine (C=N–C) groups is 1. The Morgan fingerprint density at radius 2 is 2.55 bits per heavy atom. The van der Waals surface area contributed by atoms with Gasteiger partial charge in [-0.3, -0.25) is 4.99 Å². The van der Waals surface area contributed by atoms with Crippen molar-refractivity contribution < 1.29 is 9.15 Å². The Bertz CT molecular complexity index is 456. The number of nitrogens with one attached hydrogen (secondary N) is 1. The van der Waals surface area contributed by atoms with Gasteiger partial charge >= 0.3 is 0 Å². The van der Waals surface area contributed by atoms with Crippen LogP contribution < -0.4 is 5.32 Å². The highest BCUT2D eigenvalue weighted by atomic mass is 16.5. The van der Waals surface area contributed by atoms with Gasteiger partial charge in [0.25, 0.3) is 0 Å². The number of ether oxygens (including phenoxy) is 1. The fraction of sp³-hybridized carbons (Fsp3) is 0.588. The van der Waals surface area contributed by atoms with E-state index in [-0.39, 0.29) is 0 Å². The second-order valence-corrected chi connectivity index (χ2v) is 5.46. The molecule has 5 heteroatoms. The van der Waals surface area contributed by atoms with Gasteiger partial charge in [-0.05, 0) is 25.5 Å². The molecule has 0 bridgehead atoms. The van der Waals surface area contributed by atoms with Gasteiger partial charge in [0.1, 0.15) is 5.76 Å². The van der Waals surface area contributed by atoms with E-state index in [0.29, 0.717) is 5.92 Å². The highest BCUT2D eigenvalue weighted by Crippen LogP contribution is 2.16. The first-order chi connectivity index (χ1) is 10.8. The number of hydrogen-bond donors (Lipinski definition) is 1. The average molecular weight is 305 g/mol. The highest BCUT2D eigenvalue weighted by molar-refractivity contribution is 5.80. The predicted molar refractivity (Wildman–Crippen MR) is 89.1 cm³/mol. The van der Waals surface area contributed by atoms with Crippen molar-refractivity contribution in [1.82, 2.24) is 10.2 Å². The lowest BCUT2D eigenvalue weighted by molar-refractivity contribution is 0.114. The fourth-order valence-corrected chi connectivity index (χ4v) is 2.60. The van der Waals surface area contributed by atoms with Gasteiger partial charge in [0.15, 0.2) is 5.96 Å². The molecule has 0 radical (unpaired) electrons.